The third-order valence-electron chi connectivity index (χ3n) is 3.29. The Labute approximate surface area is 141 Å². The molecule has 0 bridgehead atoms. The lowest BCUT2D eigenvalue weighted by Crippen LogP contribution is -2.25. The van der Waals surface area contributed by atoms with E-state index in [1.54, 1.807) is 6.07 Å². The summed E-state index contributed by atoms with van der Waals surface area (Å²) in [5.41, 5.74) is 3.89. The van der Waals surface area contributed by atoms with E-state index in [9.17, 15) is 4.79 Å². The van der Waals surface area contributed by atoms with Crippen LogP contribution in [0.2, 0.25) is 5.02 Å². The van der Waals surface area contributed by atoms with E-state index in [0.717, 1.165) is 23.2 Å². The van der Waals surface area contributed by atoms with E-state index in [4.69, 9.17) is 11.6 Å². The van der Waals surface area contributed by atoms with E-state index in [1.165, 1.54) is 0 Å². The van der Waals surface area contributed by atoms with Gasteiger partial charge in [0.25, 0.3) is 5.91 Å². The monoisotopic (exact) mass is 332 g/mol. The summed E-state index contributed by atoms with van der Waals surface area (Å²) in [6.07, 6.45) is 0.874. The number of amides is 1. The van der Waals surface area contributed by atoms with Crippen LogP contribution < -0.4 is 10.6 Å². The third kappa shape index (κ3) is 4.42. The van der Waals surface area contributed by atoms with Gasteiger partial charge < -0.3 is 10.6 Å². The number of nitrogens with zero attached hydrogens (tertiary/aromatic N) is 2. The zero-order valence-electron chi connectivity index (χ0n) is 13.8. The topological polar surface area (TPSA) is 66.9 Å². The molecule has 2 rings (SSSR count). The number of hydrogen-bond acceptors (Lipinski definition) is 4. The van der Waals surface area contributed by atoms with Crippen LogP contribution in [0.1, 0.15) is 40.7 Å². The molecule has 1 heterocycles. The molecule has 0 radical (unpaired) electrons. The molecule has 0 aliphatic heterocycles. The van der Waals surface area contributed by atoms with Crippen molar-refractivity contribution in [2.45, 2.75) is 34.1 Å². The Hall–Kier alpha value is -2.14. The molecule has 2 N–H and O–H groups in total. The van der Waals surface area contributed by atoms with Crippen LogP contribution in [0.4, 0.5) is 11.6 Å². The molecule has 0 saturated heterocycles. The first-order valence-electron chi connectivity index (χ1n) is 7.58. The van der Waals surface area contributed by atoms with Gasteiger partial charge in [0.2, 0.25) is 5.95 Å². The molecule has 2 aromatic rings. The first-order chi connectivity index (χ1) is 10.9. The molecule has 0 atom stereocenters. The highest BCUT2D eigenvalue weighted by atomic mass is 35.5. The number of carbonyl (C=O) groups excluding carboxylic acids is 1. The van der Waals surface area contributed by atoms with Crippen LogP contribution in [-0.2, 0) is 0 Å². The highest BCUT2D eigenvalue weighted by molar-refractivity contribution is 6.33. The molecule has 1 amide bonds. The minimum Gasteiger partial charge on any atom is -0.351 e. The van der Waals surface area contributed by atoms with Crippen LogP contribution in [0.5, 0.6) is 0 Å². The van der Waals surface area contributed by atoms with Crippen LogP contribution in [-0.4, -0.2) is 22.4 Å². The van der Waals surface area contributed by atoms with Gasteiger partial charge in [0, 0.05) is 12.2 Å². The van der Waals surface area contributed by atoms with Crippen molar-refractivity contribution in [3.8, 4) is 0 Å². The molecule has 1 aromatic carbocycles. The fraction of sp³-hybridized carbons (Fsp3) is 0.353. The molecular formula is C17H21ClN4O. The van der Waals surface area contributed by atoms with Crippen LogP contribution in [0.3, 0.4) is 0 Å². The van der Waals surface area contributed by atoms with Gasteiger partial charge in [0.1, 0.15) is 5.69 Å². The molecule has 0 spiro atoms. The molecule has 0 fully saturated rings. The van der Waals surface area contributed by atoms with Gasteiger partial charge in [-0.3, -0.25) is 4.79 Å². The number of nitrogens with one attached hydrogen (secondary N) is 2. The summed E-state index contributed by atoms with van der Waals surface area (Å²) in [6, 6.07) is 5.57. The molecule has 0 aliphatic carbocycles. The van der Waals surface area contributed by atoms with Crippen molar-refractivity contribution in [1.29, 1.82) is 0 Å². The fourth-order valence-corrected chi connectivity index (χ4v) is 2.62. The second kappa shape index (κ2) is 7.42. The molecule has 23 heavy (non-hydrogen) atoms. The minimum atomic E-state index is -0.202. The Kier molecular flexibility index (Phi) is 5.55. The number of aromatic nitrogens is 2. The Morgan fingerprint density at radius 1 is 1.17 bits per heavy atom. The lowest BCUT2D eigenvalue weighted by Gasteiger charge is -2.12. The number of rotatable bonds is 5. The van der Waals surface area contributed by atoms with Crippen LogP contribution in [0, 0.1) is 20.8 Å². The van der Waals surface area contributed by atoms with Gasteiger partial charge in [-0.05, 0) is 50.5 Å². The van der Waals surface area contributed by atoms with Gasteiger partial charge in [-0.2, -0.15) is 0 Å². The summed E-state index contributed by atoms with van der Waals surface area (Å²) in [7, 11) is 0. The summed E-state index contributed by atoms with van der Waals surface area (Å²) in [5.74, 6) is 0.160. The molecule has 6 heteroatoms. The first-order valence-corrected chi connectivity index (χ1v) is 7.96. The average Bonchev–Trinajstić information content (AvgIpc) is 2.48. The number of anilines is 2. The second-order valence-corrected chi connectivity index (χ2v) is 5.94. The third-order valence-corrected chi connectivity index (χ3v) is 3.59. The number of halogens is 1. The smallest absolute Gasteiger partial charge is 0.270 e. The minimum absolute atomic E-state index is 0.202. The van der Waals surface area contributed by atoms with Crippen molar-refractivity contribution in [2.24, 2.45) is 0 Å². The average molecular weight is 333 g/mol. The van der Waals surface area contributed by atoms with E-state index in [-0.39, 0.29) is 5.91 Å². The zero-order valence-corrected chi connectivity index (χ0v) is 14.6. The molecule has 0 aliphatic rings. The molecule has 0 unspecified atom stereocenters. The molecule has 1 aromatic heterocycles. The van der Waals surface area contributed by atoms with E-state index >= 15 is 0 Å². The number of aryl methyl sites for hydroxylation is 3. The highest BCUT2D eigenvalue weighted by Crippen LogP contribution is 2.29. The van der Waals surface area contributed by atoms with Crippen molar-refractivity contribution >= 4 is 29.1 Å². The number of benzene rings is 1. The van der Waals surface area contributed by atoms with Gasteiger partial charge in [-0.15, -0.1) is 0 Å². The predicted octanol–water partition coefficient (Wildman–Crippen LogP) is 3.94. The Morgan fingerprint density at radius 3 is 2.57 bits per heavy atom. The van der Waals surface area contributed by atoms with Gasteiger partial charge in [-0.25, -0.2) is 9.97 Å². The first kappa shape index (κ1) is 17.2. The Morgan fingerprint density at radius 2 is 1.91 bits per heavy atom. The van der Waals surface area contributed by atoms with Crippen LogP contribution in [0.15, 0.2) is 18.2 Å². The fourth-order valence-electron chi connectivity index (χ4n) is 2.26. The maximum Gasteiger partial charge on any atom is 0.270 e. The van der Waals surface area contributed by atoms with E-state index < -0.39 is 0 Å². The van der Waals surface area contributed by atoms with E-state index in [0.29, 0.717) is 28.9 Å². The van der Waals surface area contributed by atoms with Gasteiger partial charge in [-0.1, -0.05) is 24.6 Å². The number of hydrogen-bond donors (Lipinski definition) is 2. The van der Waals surface area contributed by atoms with Crippen LogP contribution >= 0.6 is 11.6 Å². The highest BCUT2D eigenvalue weighted by Gasteiger charge is 2.12. The predicted molar refractivity (Wildman–Crippen MR) is 93.6 cm³/mol. The maximum atomic E-state index is 12.1. The quantitative estimate of drug-likeness (QED) is 0.870. The normalized spacial score (nSPS) is 10.5. The summed E-state index contributed by atoms with van der Waals surface area (Å²) < 4.78 is 0. The van der Waals surface area contributed by atoms with Crippen molar-refractivity contribution in [3.63, 3.8) is 0 Å². The summed E-state index contributed by atoms with van der Waals surface area (Å²) >= 11 is 6.30. The maximum absolute atomic E-state index is 12.1. The number of carbonyl (C=O) groups is 1. The zero-order chi connectivity index (χ0) is 17.0. The molecular weight excluding hydrogens is 312 g/mol. The van der Waals surface area contributed by atoms with Crippen molar-refractivity contribution in [3.05, 3.63) is 45.7 Å². The SMILES string of the molecule is CCCNC(=O)c1cc(C)nc(Nc2c(C)cc(C)cc2Cl)n1. The van der Waals surface area contributed by atoms with Crippen molar-refractivity contribution in [1.82, 2.24) is 15.3 Å². The molecule has 0 saturated carbocycles. The van der Waals surface area contributed by atoms with Gasteiger partial charge in [0.05, 0.1) is 10.7 Å². The summed E-state index contributed by atoms with van der Waals surface area (Å²) in [4.78, 5) is 20.7. The lowest BCUT2D eigenvalue weighted by molar-refractivity contribution is 0.0948. The second-order valence-electron chi connectivity index (χ2n) is 5.54. The van der Waals surface area contributed by atoms with E-state index in [1.807, 2.05) is 39.8 Å². The van der Waals surface area contributed by atoms with Crippen LogP contribution in [0.25, 0.3) is 0 Å². The van der Waals surface area contributed by atoms with Gasteiger partial charge >= 0.3 is 0 Å². The van der Waals surface area contributed by atoms with Crippen molar-refractivity contribution < 1.29 is 4.79 Å². The van der Waals surface area contributed by atoms with E-state index in [2.05, 4.69) is 20.6 Å². The van der Waals surface area contributed by atoms with Gasteiger partial charge in [0.15, 0.2) is 0 Å². The van der Waals surface area contributed by atoms with Crippen molar-refractivity contribution in [2.75, 3.05) is 11.9 Å². The largest absolute Gasteiger partial charge is 0.351 e. The standard InChI is InChI=1S/C17H21ClN4O/c1-5-6-19-16(23)14-9-12(4)20-17(21-14)22-15-11(3)7-10(2)8-13(15)18/h7-9H,5-6H2,1-4H3,(H,19,23)(H,20,21,22). The Bertz CT molecular complexity index is 708. The summed E-state index contributed by atoms with van der Waals surface area (Å²) in [6.45, 7) is 8.40. The molecule has 5 nitrogen and oxygen atoms in total. The summed E-state index contributed by atoms with van der Waals surface area (Å²) in [5, 5.41) is 6.54. The lowest BCUT2D eigenvalue weighted by atomic mass is 10.1. The Balaban J connectivity index is 2.31. The molecule has 122 valence electrons.